The Morgan fingerprint density at radius 1 is 1.42 bits per heavy atom. The first kappa shape index (κ1) is 8.70. The molecule has 12 heavy (non-hydrogen) atoms. The number of rotatable bonds is 2. The summed E-state index contributed by atoms with van der Waals surface area (Å²) in [4.78, 5) is 12.9. The SMILES string of the molecule is O=Cc1ccc(C(F)F)nc1F. The summed E-state index contributed by atoms with van der Waals surface area (Å²) in [6, 6.07) is 1.88. The Labute approximate surface area is 66.0 Å². The number of aldehydes is 1. The molecule has 0 radical (unpaired) electrons. The van der Waals surface area contributed by atoms with Crippen molar-refractivity contribution in [1.82, 2.24) is 4.98 Å². The third kappa shape index (κ3) is 1.61. The Morgan fingerprint density at radius 3 is 2.50 bits per heavy atom. The molecule has 2 nitrogen and oxygen atoms in total. The molecule has 1 aromatic heterocycles. The Morgan fingerprint density at radius 2 is 2.08 bits per heavy atom. The van der Waals surface area contributed by atoms with Gasteiger partial charge in [0.2, 0.25) is 5.95 Å². The van der Waals surface area contributed by atoms with E-state index in [1.54, 1.807) is 0 Å². The van der Waals surface area contributed by atoms with E-state index < -0.39 is 18.1 Å². The molecule has 64 valence electrons. The summed E-state index contributed by atoms with van der Waals surface area (Å²) in [6.07, 6.45) is -2.60. The highest BCUT2D eigenvalue weighted by Crippen LogP contribution is 2.16. The molecule has 0 N–H and O–H groups in total. The van der Waals surface area contributed by atoms with Crippen LogP contribution in [0.5, 0.6) is 0 Å². The minimum atomic E-state index is -2.82. The van der Waals surface area contributed by atoms with Crippen molar-refractivity contribution < 1.29 is 18.0 Å². The first-order valence-electron chi connectivity index (χ1n) is 3.05. The second kappa shape index (κ2) is 3.34. The van der Waals surface area contributed by atoms with Gasteiger partial charge in [-0.1, -0.05) is 0 Å². The lowest BCUT2D eigenvalue weighted by atomic mass is 10.2. The van der Waals surface area contributed by atoms with Gasteiger partial charge in [-0.3, -0.25) is 4.79 Å². The highest BCUT2D eigenvalue weighted by Gasteiger charge is 2.11. The highest BCUT2D eigenvalue weighted by molar-refractivity contribution is 5.74. The average Bonchev–Trinajstić information content (AvgIpc) is 2.04. The topological polar surface area (TPSA) is 30.0 Å². The van der Waals surface area contributed by atoms with Crippen LogP contribution in [0.25, 0.3) is 0 Å². The third-order valence-electron chi connectivity index (χ3n) is 1.25. The molecule has 0 fully saturated rings. The molecule has 0 amide bonds. The summed E-state index contributed by atoms with van der Waals surface area (Å²) < 4.78 is 36.3. The molecule has 0 saturated carbocycles. The first-order chi connectivity index (χ1) is 5.65. The molecule has 0 spiro atoms. The number of alkyl halides is 2. The van der Waals surface area contributed by atoms with Crippen molar-refractivity contribution in [3.63, 3.8) is 0 Å². The van der Waals surface area contributed by atoms with Gasteiger partial charge in [-0.05, 0) is 12.1 Å². The van der Waals surface area contributed by atoms with Gasteiger partial charge in [-0.2, -0.15) is 4.39 Å². The maximum Gasteiger partial charge on any atom is 0.280 e. The predicted molar refractivity (Wildman–Crippen MR) is 34.5 cm³/mol. The van der Waals surface area contributed by atoms with Crippen LogP contribution in [0.4, 0.5) is 13.2 Å². The number of hydrogen-bond donors (Lipinski definition) is 0. The van der Waals surface area contributed by atoms with Crippen molar-refractivity contribution in [2.75, 3.05) is 0 Å². The van der Waals surface area contributed by atoms with Crippen molar-refractivity contribution in [2.45, 2.75) is 6.43 Å². The van der Waals surface area contributed by atoms with Crippen molar-refractivity contribution >= 4 is 6.29 Å². The van der Waals surface area contributed by atoms with E-state index in [-0.39, 0.29) is 11.8 Å². The summed E-state index contributed by atoms with van der Waals surface area (Å²) in [7, 11) is 0. The second-order valence-corrected chi connectivity index (χ2v) is 2.03. The van der Waals surface area contributed by atoms with Gasteiger partial charge in [-0.15, -0.1) is 0 Å². The zero-order chi connectivity index (χ0) is 9.14. The van der Waals surface area contributed by atoms with Crippen LogP contribution in [0.15, 0.2) is 12.1 Å². The van der Waals surface area contributed by atoms with Crippen LogP contribution in [0, 0.1) is 5.95 Å². The summed E-state index contributed by atoms with van der Waals surface area (Å²) in [5.41, 5.74) is -0.988. The van der Waals surface area contributed by atoms with Gasteiger partial charge < -0.3 is 0 Å². The molecular weight excluding hydrogens is 171 g/mol. The fourth-order valence-corrected chi connectivity index (χ4v) is 0.669. The van der Waals surface area contributed by atoms with Crippen LogP contribution in [0.1, 0.15) is 22.5 Å². The molecule has 0 aromatic carbocycles. The summed E-state index contributed by atoms with van der Waals surface area (Å²) in [5, 5.41) is 0. The number of aromatic nitrogens is 1. The van der Waals surface area contributed by atoms with Gasteiger partial charge in [-0.25, -0.2) is 13.8 Å². The van der Waals surface area contributed by atoms with Gasteiger partial charge >= 0.3 is 0 Å². The second-order valence-electron chi connectivity index (χ2n) is 2.03. The van der Waals surface area contributed by atoms with E-state index in [2.05, 4.69) is 4.98 Å². The van der Waals surface area contributed by atoms with Crippen LogP contribution >= 0.6 is 0 Å². The van der Waals surface area contributed by atoms with Gasteiger partial charge in [0.25, 0.3) is 6.43 Å². The quantitative estimate of drug-likeness (QED) is 0.508. The molecule has 1 heterocycles. The van der Waals surface area contributed by atoms with E-state index in [9.17, 15) is 18.0 Å². The molecule has 5 heteroatoms. The largest absolute Gasteiger partial charge is 0.298 e. The lowest BCUT2D eigenvalue weighted by molar-refractivity contribution is 0.111. The standard InChI is InChI=1S/C7H4F3NO/c8-6(9)5-2-1-4(3-12)7(10)11-5/h1-3,6H. The fourth-order valence-electron chi connectivity index (χ4n) is 0.669. The summed E-state index contributed by atoms with van der Waals surface area (Å²) >= 11 is 0. The van der Waals surface area contributed by atoms with Gasteiger partial charge in [0.15, 0.2) is 6.29 Å². The van der Waals surface area contributed by atoms with E-state index >= 15 is 0 Å². The maximum absolute atomic E-state index is 12.5. The molecule has 0 aliphatic carbocycles. The van der Waals surface area contributed by atoms with Crippen LogP contribution < -0.4 is 0 Å². The number of carbonyl (C=O) groups is 1. The average molecular weight is 175 g/mol. The fraction of sp³-hybridized carbons (Fsp3) is 0.143. The summed E-state index contributed by atoms with van der Waals surface area (Å²) in [6.45, 7) is 0. The predicted octanol–water partition coefficient (Wildman–Crippen LogP) is 1.97. The van der Waals surface area contributed by atoms with E-state index in [4.69, 9.17) is 0 Å². The molecule has 0 unspecified atom stereocenters. The lowest BCUT2D eigenvalue weighted by Crippen LogP contribution is -1.97. The minimum Gasteiger partial charge on any atom is -0.298 e. The van der Waals surface area contributed by atoms with Crippen molar-refractivity contribution in [2.24, 2.45) is 0 Å². The lowest BCUT2D eigenvalue weighted by Gasteiger charge is -1.98. The maximum atomic E-state index is 12.5. The normalized spacial score (nSPS) is 10.3. The Bertz CT molecular complexity index is 301. The molecule has 0 atom stereocenters. The van der Waals surface area contributed by atoms with E-state index in [0.29, 0.717) is 0 Å². The van der Waals surface area contributed by atoms with Crippen molar-refractivity contribution in [3.8, 4) is 0 Å². The molecule has 0 aliphatic heterocycles. The Balaban J connectivity index is 3.10. The van der Waals surface area contributed by atoms with Crippen molar-refractivity contribution in [3.05, 3.63) is 29.3 Å². The summed E-state index contributed by atoms with van der Waals surface area (Å²) in [5.74, 6) is -1.16. The van der Waals surface area contributed by atoms with Crippen LogP contribution in [-0.4, -0.2) is 11.3 Å². The van der Waals surface area contributed by atoms with Crippen LogP contribution in [0.2, 0.25) is 0 Å². The molecule has 0 bridgehead atoms. The Hall–Kier alpha value is -1.39. The number of carbonyl (C=O) groups excluding carboxylic acids is 1. The number of nitrogens with zero attached hydrogens (tertiary/aromatic N) is 1. The minimum absolute atomic E-state index is 0.220. The Kier molecular flexibility index (Phi) is 2.42. The molecule has 1 aromatic rings. The number of hydrogen-bond acceptors (Lipinski definition) is 2. The smallest absolute Gasteiger partial charge is 0.280 e. The van der Waals surface area contributed by atoms with Crippen LogP contribution in [0.3, 0.4) is 0 Å². The van der Waals surface area contributed by atoms with Gasteiger partial charge in [0, 0.05) is 0 Å². The van der Waals surface area contributed by atoms with E-state index in [1.165, 1.54) is 0 Å². The van der Waals surface area contributed by atoms with E-state index in [0.717, 1.165) is 12.1 Å². The number of halogens is 3. The van der Waals surface area contributed by atoms with Crippen molar-refractivity contribution in [1.29, 1.82) is 0 Å². The zero-order valence-corrected chi connectivity index (χ0v) is 5.80. The highest BCUT2D eigenvalue weighted by atomic mass is 19.3. The molecule has 1 rings (SSSR count). The first-order valence-corrected chi connectivity index (χ1v) is 3.05. The molecule has 0 saturated heterocycles. The zero-order valence-electron chi connectivity index (χ0n) is 5.80. The van der Waals surface area contributed by atoms with Crippen LogP contribution in [-0.2, 0) is 0 Å². The molecular formula is C7H4F3NO. The van der Waals surface area contributed by atoms with Gasteiger partial charge in [0.05, 0.1) is 5.56 Å². The van der Waals surface area contributed by atoms with Gasteiger partial charge in [0.1, 0.15) is 5.69 Å². The molecule has 0 aliphatic rings. The third-order valence-corrected chi connectivity index (χ3v) is 1.25. The monoisotopic (exact) mass is 175 g/mol. The van der Waals surface area contributed by atoms with E-state index in [1.807, 2.05) is 0 Å². The number of pyridine rings is 1.